The van der Waals surface area contributed by atoms with E-state index in [1.54, 1.807) is 43.5 Å². The van der Waals surface area contributed by atoms with Gasteiger partial charge in [-0.25, -0.2) is 8.42 Å². The van der Waals surface area contributed by atoms with Crippen molar-refractivity contribution in [2.45, 2.75) is 13.0 Å². The number of pyridine rings is 1. The number of nitrogens with one attached hydrogen (secondary N) is 2. The van der Waals surface area contributed by atoms with Gasteiger partial charge in [0.2, 0.25) is 10.0 Å². The van der Waals surface area contributed by atoms with Gasteiger partial charge >= 0.3 is 0 Å². The van der Waals surface area contributed by atoms with Crippen LogP contribution in [0.25, 0.3) is 0 Å². The smallest absolute Gasteiger partial charge is 0.253 e. The lowest BCUT2D eigenvalue weighted by molar-refractivity contribution is 0.0939. The molecule has 0 aliphatic rings. The average molecular weight is 398 g/mol. The summed E-state index contributed by atoms with van der Waals surface area (Å²) >= 11 is 3.27. The highest BCUT2D eigenvalue weighted by Gasteiger charge is 2.16. The van der Waals surface area contributed by atoms with Gasteiger partial charge in [-0.2, -0.15) is 0 Å². The van der Waals surface area contributed by atoms with Gasteiger partial charge in [-0.1, -0.05) is 18.2 Å². The Morgan fingerprint density at radius 2 is 1.96 bits per heavy atom. The number of anilines is 1. The highest BCUT2D eigenvalue weighted by atomic mass is 79.9. The van der Waals surface area contributed by atoms with Gasteiger partial charge in [0.1, 0.15) is 0 Å². The van der Waals surface area contributed by atoms with Crippen LogP contribution in [-0.4, -0.2) is 25.6 Å². The zero-order chi connectivity index (χ0) is 17.0. The molecule has 0 bridgehead atoms. The van der Waals surface area contributed by atoms with Crippen LogP contribution in [0.1, 0.15) is 28.9 Å². The van der Waals surface area contributed by atoms with Crippen LogP contribution >= 0.6 is 15.9 Å². The number of carbonyl (C=O) groups is 1. The van der Waals surface area contributed by atoms with E-state index in [0.29, 0.717) is 21.3 Å². The van der Waals surface area contributed by atoms with Crippen molar-refractivity contribution in [3.63, 3.8) is 0 Å². The van der Waals surface area contributed by atoms with Crippen LogP contribution in [0.5, 0.6) is 0 Å². The van der Waals surface area contributed by atoms with Crippen molar-refractivity contribution in [1.82, 2.24) is 10.3 Å². The summed E-state index contributed by atoms with van der Waals surface area (Å²) in [7, 11) is -3.40. The second-order valence-electron chi connectivity index (χ2n) is 5.05. The van der Waals surface area contributed by atoms with E-state index in [0.717, 1.165) is 6.26 Å². The summed E-state index contributed by atoms with van der Waals surface area (Å²) in [5.74, 6) is -0.291. The molecule has 1 aromatic heterocycles. The molecular weight excluding hydrogens is 382 g/mol. The molecule has 0 saturated heterocycles. The Balaban J connectivity index is 2.21. The summed E-state index contributed by atoms with van der Waals surface area (Å²) in [6, 6.07) is 8.20. The van der Waals surface area contributed by atoms with Gasteiger partial charge < -0.3 is 5.32 Å². The first-order valence-corrected chi connectivity index (χ1v) is 9.43. The second-order valence-corrected chi connectivity index (χ2v) is 7.71. The number of hydrogen-bond donors (Lipinski definition) is 2. The SMILES string of the molecule is CC(NC(=O)c1cncc(Br)c1)c1ccccc1NS(C)(=O)=O. The monoisotopic (exact) mass is 397 g/mol. The van der Waals surface area contributed by atoms with Crippen LogP contribution in [0.15, 0.2) is 47.2 Å². The minimum Gasteiger partial charge on any atom is -0.345 e. The number of halogens is 1. The zero-order valence-electron chi connectivity index (χ0n) is 12.6. The maximum atomic E-state index is 12.3. The van der Waals surface area contributed by atoms with Gasteiger partial charge in [0.25, 0.3) is 5.91 Å². The van der Waals surface area contributed by atoms with Crippen molar-refractivity contribution >= 4 is 37.5 Å². The Morgan fingerprint density at radius 3 is 2.61 bits per heavy atom. The van der Waals surface area contributed by atoms with Crippen LogP contribution in [0.3, 0.4) is 0 Å². The highest BCUT2D eigenvalue weighted by Crippen LogP contribution is 2.23. The Labute approximate surface area is 143 Å². The number of amides is 1. The predicted molar refractivity (Wildman–Crippen MR) is 92.7 cm³/mol. The lowest BCUT2D eigenvalue weighted by atomic mass is 10.1. The molecule has 1 atom stereocenters. The van der Waals surface area contributed by atoms with Crippen molar-refractivity contribution in [3.8, 4) is 0 Å². The fraction of sp³-hybridized carbons (Fsp3) is 0.200. The Morgan fingerprint density at radius 1 is 1.26 bits per heavy atom. The van der Waals surface area contributed by atoms with Gasteiger partial charge in [0.05, 0.1) is 23.5 Å². The number of para-hydroxylation sites is 1. The van der Waals surface area contributed by atoms with E-state index in [9.17, 15) is 13.2 Å². The van der Waals surface area contributed by atoms with Crippen LogP contribution in [-0.2, 0) is 10.0 Å². The minimum atomic E-state index is -3.40. The summed E-state index contributed by atoms with van der Waals surface area (Å²) in [5.41, 5.74) is 1.53. The van der Waals surface area contributed by atoms with E-state index in [2.05, 4.69) is 31.0 Å². The van der Waals surface area contributed by atoms with Crippen molar-refractivity contribution in [2.24, 2.45) is 0 Å². The number of aromatic nitrogens is 1. The number of rotatable bonds is 5. The normalized spacial score (nSPS) is 12.5. The summed E-state index contributed by atoms with van der Waals surface area (Å²) in [5, 5.41) is 2.83. The van der Waals surface area contributed by atoms with Crippen molar-refractivity contribution < 1.29 is 13.2 Å². The first-order valence-electron chi connectivity index (χ1n) is 6.74. The van der Waals surface area contributed by atoms with Crippen LogP contribution in [0.4, 0.5) is 5.69 Å². The van der Waals surface area contributed by atoms with Gasteiger partial charge in [0.15, 0.2) is 0 Å². The summed E-state index contributed by atoms with van der Waals surface area (Å²) in [4.78, 5) is 16.2. The maximum absolute atomic E-state index is 12.3. The third-order valence-corrected chi connectivity index (χ3v) is 4.06. The largest absolute Gasteiger partial charge is 0.345 e. The molecule has 0 aliphatic carbocycles. The van der Waals surface area contributed by atoms with Crippen molar-refractivity contribution in [3.05, 3.63) is 58.3 Å². The van der Waals surface area contributed by atoms with Crippen molar-refractivity contribution in [1.29, 1.82) is 0 Å². The van der Waals surface area contributed by atoms with E-state index in [1.807, 2.05) is 0 Å². The van der Waals surface area contributed by atoms with E-state index in [1.165, 1.54) is 6.20 Å². The van der Waals surface area contributed by atoms with Gasteiger partial charge in [-0.05, 0) is 40.5 Å². The van der Waals surface area contributed by atoms with E-state index in [4.69, 9.17) is 0 Å². The molecule has 6 nitrogen and oxygen atoms in total. The standard InChI is InChI=1S/C15H16BrN3O3S/c1-10(18-15(20)11-7-12(16)9-17-8-11)13-5-3-4-6-14(13)19-23(2,21)22/h3-10,19H,1-2H3,(H,18,20). The first kappa shape index (κ1) is 17.4. The lowest BCUT2D eigenvalue weighted by Crippen LogP contribution is -2.27. The topological polar surface area (TPSA) is 88.2 Å². The first-order chi connectivity index (χ1) is 10.8. The van der Waals surface area contributed by atoms with E-state index < -0.39 is 10.0 Å². The minimum absolute atomic E-state index is 0.291. The Hall–Kier alpha value is -1.93. The molecular formula is C15H16BrN3O3S. The Kier molecular flexibility index (Phi) is 5.38. The summed E-state index contributed by atoms with van der Waals surface area (Å²) < 4.78 is 26.0. The van der Waals surface area contributed by atoms with Crippen molar-refractivity contribution in [2.75, 3.05) is 11.0 Å². The number of hydrogen-bond acceptors (Lipinski definition) is 4. The summed E-state index contributed by atoms with van der Waals surface area (Å²) in [6.45, 7) is 1.78. The molecule has 0 saturated carbocycles. The molecule has 122 valence electrons. The zero-order valence-corrected chi connectivity index (χ0v) is 15.0. The molecule has 1 aromatic carbocycles. The molecule has 0 radical (unpaired) electrons. The molecule has 2 aromatic rings. The third kappa shape index (κ3) is 5.04. The number of carbonyl (C=O) groups excluding carboxylic acids is 1. The molecule has 2 N–H and O–H groups in total. The molecule has 0 fully saturated rings. The van der Waals surface area contributed by atoms with Gasteiger partial charge in [-0.15, -0.1) is 0 Å². The van der Waals surface area contributed by atoms with E-state index >= 15 is 0 Å². The van der Waals surface area contributed by atoms with Crippen LogP contribution < -0.4 is 10.0 Å². The molecule has 0 aliphatic heterocycles. The second kappa shape index (κ2) is 7.10. The number of sulfonamides is 1. The van der Waals surface area contributed by atoms with Crippen LogP contribution in [0, 0.1) is 0 Å². The molecule has 2 rings (SSSR count). The number of benzene rings is 1. The lowest BCUT2D eigenvalue weighted by Gasteiger charge is -2.18. The summed E-state index contributed by atoms with van der Waals surface area (Å²) in [6.07, 6.45) is 4.14. The van der Waals surface area contributed by atoms with Crippen LogP contribution in [0.2, 0.25) is 0 Å². The average Bonchev–Trinajstić information content (AvgIpc) is 2.46. The molecule has 8 heteroatoms. The molecule has 1 amide bonds. The molecule has 1 unspecified atom stereocenters. The number of nitrogens with zero attached hydrogens (tertiary/aromatic N) is 1. The fourth-order valence-electron chi connectivity index (χ4n) is 2.06. The van der Waals surface area contributed by atoms with Gasteiger partial charge in [0, 0.05) is 16.9 Å². The molecule has 23 heavy (non-hydrogen) atoms. The molecule has 0 spiro atoms. The Bertz CT molecular complexity index is 824. The quantitative estimate of drug-likeness (QED) is 0.811. The third-order valence-electron chi connectivity index (χ3n) is 3.04. The van der Waals surface area contributed by atoms with E-state index in [-0.39, 0.29) is 11.9 Å². The van der Waals surface area contributed by atoms with Gasteiger partial charge in [-0.3, -0.25) is 14.5 Å². The fourth-order valence-corrected chi connectivity index (χ4v) is 3.01. The molecule has 1 heterocycles. The predicted octanol–water partition coefficient (Wildman–Crippen LogP) is 2.71. The maximum Gasteiger partial charge on any atom is 0.253 e. The highest BCUT2D eigenvalue weighted by molar-refractivity contribution is 9.10.